The molecule has 2 rings (SSSR count). The van der Waals surface area contributed by atoms with Crippen molar-refractivity contribution in [3.63, 3.8) is 0 Å². The molecule has 1 aliphatic carbocycles. The average molecular weight is 201 g/mol. The van der Waals surface area contributed by atoms with Crippen LogP contribution in [-0.2, 0) is 7.05 Å². The van der Waals surface area contributed by atoms with Crippen molar-refractivity contribution in [1.29, 1.82) is 0 Å². The fourth-order valence-corrected chi connectivity index (χ4v) is 1.46. The largest absolute Gasteiger partial charge is 0.326 e. The lowest BCUT2D eigenvalue weighted by Gasteiger charge is -1.97. The molecule has 10 heavy (non-hydrogen) atoms. The third kappa shape index (κ3) is 0.888. The van der Waals surface area contributed by atoms with Gasteiger partial charge < -0.3 is 4.57 Å². The lowest BCUT2D eigenvalue weighted by Crippen LogP contribution is -1.93. The number of rotatable bonds is 1. The van der Waals surface area contributed by atoms with Crippen LogP contribution in [0.4, 0.5) is 0 Å². The molecule has 1 saturated carbocycles. The van der Waals surface area contributed by atoms with E-state index in [1.165, 1.54) is 18.5 Å². The van der Waals surface area contributed by atoms with Crippen molar-refractivity contribution >= 4 is 15.9 Å². The van der Waals surface area contributed by atoms with Crippen LogP contribution in [0, 0.1) is 0 Å². The van der Waals surface area contributed by atoms with Crippen molar-refractivity contribution in [1.82, 2.24) is 9.55 Å². The Morgan fingerprint density at radius 3 is 2.80 bits per heavy atom. The van der Waals surface area contributed by atoms with E-state index < -0.39 is 0 Å². The van der Waals surface area contributed by atoms with Crippen molar-refractivity contribution in [3.05, 3.63) is 16.6 Å². The Hall–Kier alpha value is -0.310. The molecule has 1 aliphatic rings. The second-order valence-electron chi connectivity index (χ2n) is 2.79. The topological polar surface area (TPSA) is 17.8 Å². The molecule has 0 unspecified atom stereocenters. The van der Waals surface area contributed by atoms with Crippen molar-refractivity contribution in [2.24, 2.45) is 7.05 Å². The number of hydrogen-bond donors (Lipinski definition) is 0. The first-order valence-electron chi connectivity index (χ1n) is 3.46. The SMILES string of the molecule is Cn1c(C2CC2)cnc1Br. The van der Waals surface area contributed by atoms with Gasteiger partial charge in [-0.3, -0.25) is 0 Å². The zero-order valence-electron chi connectivity index (χ0n) is 5.84. The third-order valence-corrected chi connectivity index (χ3v) is 2.70. The van der Waals surface area contributed by atoms with Crippen LogP contribution < -0.4 is 0 Å². The van der Waals surface area contributed by atoms with Gasteiger partial charge in [0.05, 0.1) is 0 Å². The molecule has 0 saturated heterocycles. The first-order chi connectivity index (χ1) is 4.79. The van der Waals surface area contributed by atoms with E-state index in [0.29, 0.717) is 0 Å². The maximum atomic E-state index is 4.16. The minimum absolute atomic E-state index is 0.795. The molecular formula is C7H9BrN2. The number of hydrogen-bond acceptors (Lipinski definition) is 1. The van der Waals surface area contributed by atoms with E-state index in [4.69, 9.17) is 0 Å². The van der Waals surface area contributed by atoms with Gasteiger partial charge in [0.25, 0.3) is 0 Å². The second kappa shape index (κ2) is 2.09. The number of imidazole rings is 1. The molecule has 1 heterocycles. The van der Waals surface area contributed by atoms with Crippen LogP contribution in [0.3, 0.4) is 0 Å². The smallest absolute Gasteiger partial charge is 0.177 e. The molecule has 0 N–H and O–H groups in total. The van der Waals surface area contributed by atoms with Gasteiger partial charge in [0.15, 0.2) is 4.73 Å². The van der Waals surface area contributed by atoms with Crippen LogP contribution >= 0.6 is 15.9 Å². The number of nitrogens with zero attached hydrogens (tertiary/aromatic N) is 2. The van der Waals surface area contributed by atoms with Gasteiger partial charge in [-0.25, -0.2) is 4.98 Å². The molecule has 54 valence electrons. The molecule has 1 aromatic heterocycles. The minimum Gasteiger partial charge on any atom is -0.326 e. The van der Waals surface area contributed by atoms with Gasteiger partial charge in [-0.1, -0.05) is 0 Å². The summed E-state index contributed by atoms with van der Waals surface area (Å²) in [6, 6.07) is 0. The van der Waals surface area contributed by atoms with E-state index in [2.05, 4.69) is 25.5 Å². The van der Waals surface area contributed by atoms with Crippen LogP contribution in [0.1, 0.15) is 24.5 Å². The van der Waals surface area contributed by atoms with E-state index in [1.807, 2.05) is 13.2 Å². The van der Waals surface area contributed by atoms with E-state index in [1.54, 1.807) is 0 Å². The molecular weight excluding hydrogens is 192 g/mol. The zero-order valence-corrected chi connectivity index (χ0v) is 7.43. The molecule has 1 fully saturated rings. The molecule has 3 heteroatoms. The monoisotopic (exact) mass is 200 g/mol. The van der Waals surface area contributed by atoms with Crippen molar-refractivity contribution < 1.29 is 0 Å². The summed E-state index contributed by atoms with van der Waals surface area (Å²) in [6.45, 7) is 0. The molecule has 0 bridgehead atoms. The molecule has 0 amide bonds. The molecule has 1 aromatic rings. The Bertz CT molecular complexity index is 250. The maximum absolute atomic E-state index is 4.16. The van der Waals surface area contributed by atoms with Gasteiger partial charge in [0.2, 0.25) is 0 Å². The van der Waals surface area contributed by atoms with Crippen LogP contribution in [0.5, 0.6) is 0 Å². The zero-order chi connectivity index (χ0) is 7.14. The first-order valence-corrected chi connectivity index (χ1v) is 4.25. The summed E-state index contributed by atoms with van der Waals surface area (Å²) in [4.78, 5) is 4.16. The number of halogens is 1. The molecule has 0 atom stereocenters. The van der Waals surface area contributed by atoms with Gasteiger partial charge in [0.1, 0.15) is 0 Å². The summed E-state index contributed by atoms with van der Waals surface area (Å²) in [5.41, 5.74) is 1.37. The summed E-state index contributed by atoms with van der Waals surface area (Å²) in [5, 5.41) is 0. The van der Waals surface area contributed by atoms with E-state index >= 15 is 0 Å². The van der Waals surface area contributed by atoms with Crippen LogP contribution in [0.15, 0.2) is 10.9 Å². The lowest BCUT2D eigenvalue weighted by atomic mass is 10.3. The summed E-state index contributed by atoms with van der Waals surface area (Å²) < 4.78 is 3.05. The predicted octanol–water partition coefficient (Wildman–Crippen LogP) is 2.06. The van der Waals surface area contributed by atoms with Crippen molar-refractivity contribution in [3.8, 4) is 0 Å². The molecule has 0 spiro atoms. The predicted molar refractivity (Wildman–Crippen MR) is 42.9 cm³/mol. The fourth-order valence-electron chi connectivity index (χ4n) is 1.16. The van der Waals surface area contributed by atoms with Crippen molar-refractivity contribution in [2.75, 3.05) is 0 Å². The van der Waals surface area contributed by atoms with E-state index in [-0.39, 0.29) is 0 Å². The maximum Gasteiger partial charge on any atom is 0.177 e. The Kier molecular flexibility index (Phi) is 1.34. The highest BCUT2D eigenvalue weighted by Gasteiger charge is 2.26. The van der Waals surface area contributed by atoms with E-state index in [9.17, 15) is 0 Å². The molecule has 0 aromatic carbocycles. The Morgan fingerprint density at radius 1 is 1.70 bits per heavy atom. The first kappa shape index (κ1) is 6.40. The summed E-state index contributed by atoms with van der Waals surface area (Å²) >= 11 is 3.36. The second-order valence-corrected chi connectivity index (χ2v) is 3.49. The summed E-state index contributed by atoms with van der Waals surface area (Å²) in [6.07, 6.45) is 4.64. The Morgan fingerprint density at radius 2 is 2.40 bits per heavy atom. The van der Waals surface area contributed by atoms with Crippen LogP contribution in [-0.4, -0.2) is 9.55 Å². The fraction of sp³-hybridized carbons (Fsp3) is 0.571. The third-order valence-electron chi connectivity index (χ3n) is 1.96. The molecule has 0 aliphatic heterocycles. The highest BCUT2D eigenvalue weighted by molar-refractivity contribution is 9.10. The highest BCUT2D eigenvalue weighted by Crippen LogP contribution is 2.40. The standard InChI is InChI=1S/C7H9BrN2/c1-10-6(5-2-3-5)4-9-7(10)8/h4-5H,2-3H2,1H3. The quantitative estimate of drug-likeness (QED) is 0.679. The summed E-state index contributed by atoms with van der Waals surface area (Å²) in [7, 11) is 2.05. The van der Waals surface area contributed by atoms with Crippen LogP contribution in [0.2, 0.25) is 0 Å². The Labute approximate surface area is 68.4 Å². The average Bonchev–Trinajstić information content (AvgIpc) is 2.67. The van der Waals surface area contributed by atoms with Gasteiger partial charge in [0, 0.05) is 24.9 Å². The normalized spacial score (nSPS) is 17.8. The Balaban J connectivity index is 2.40. The van der Waals surface area contributed by atoms with Crippen LogP contribution in [0.25, 0.3) is 0 Å². The minimum atomic E-state index is 0.795. The van der Waals surface area contributed by atoms with E-state index in [0.717, 1.165) is 10.7 Å². The van der Waals surface area contributed by atoms with Gasteiger partial charge >= 0.3 is 0 Å². The lowest BCUT2D eigenvalue weighted by molar-refractivity contribution is 0.805. The van der Waals surface area contributed by atoms with Gasteiger partial charge in [-0.15, -0.1) is 0 Å². The number of aromatic nitrogens is 2. The van der Waals surface area contributed by atoms with Gasteiger partial charge in [-0.05, 0) is 28.8 Å². The molecule has 2 nitrogen and oxygen atoms in total. The van der Waals surface area contributed by atoms with Gasteiger partial charge in [-0.2, -0.15) is 0 Å². The summed E-state index contributed by atoms with van der Waals surface area (Å²) in [5.74, 6) is 0.795. The van der Waals surface area contributed by atoms with Crippen molar-refractivity contribution in [2.45, 2.75) is 18.8 Å². The molecule has 0 radical (unpaired) electrons. The highest BCUT2D eigenvalue weighted by atomic mass is 79.9.